The topological polar surface area (TPSA) is 117 Å². The highest BCUT2D eigenvalue weighted by Gasteiger charge is 2.49. The molecule has 3 rings (SSSR count). The first-order chi connectivity index (χ1) is 14.2. The predicted octanol–water partition coefficient (Wildman–Crippen LogP) is 2.06. The highest BCUT2D eigenvalue weighted by molar-refractivity contribution is 6.10. The standard InChI is InChI=1S/C21H22N4O5/c1-13(26)22-15-6-8-16(9-7-15)23-18(27)12-25-19(28)21(2,24-20(25)29)14-4-10-17(30-3)11-5-14/h4-11H,12H2,1-3H3,(H,22,26)(H,23,27)(H,24,29). The summed E-state index contributed by atoms with van der Waals surface area (Å²) >= 11 is 0. The molecule has 0 bridgehead atoms. The van der Waals surface area contributed by atoms with Crippen molar-refractivity contribution in [3.63, 3.8) is 0 Å². The maximum atomic E-state index is 12.9. The Bertz CT molecular complexity index is 987. The minimum absolute atomic E-state index is 0.203. The van der Waals surface area contributed by atoms with Crippen LogP contribution >= 0.6 is 0 Å². The van der Waals surface area contributed by atoms with Gasteiger partial charge in [-0.1, -0.05) is 12.1 Å². The summed E-state index contributed by atoms with van der Waals surface area (Å²) in [6.07, 6.45) is 0. The van der Waals surface area contributed by atoms with Gasteiger partial charge in [-0.15, -0.1) is 0 Å². The van der Waals surface area contributed by atoms with Crippen molar-refractivity contribution in [2.45, 2.75) is 19.4 Å². The second-order valence-electron chi connectivity index (χ2n) is 6.98. The molecule has 30 heavy (non-hydrogen) atoms. The molecule has 9 heteroatoms. The van der Waals surface area contributed by atoms with Crippen molar-refractivity contribution in [1.82, 2.24) is 10.2 Å². The molecule has 3 N–H and O–H groups in total. The first-order valence-electron chi connectivity index (χ1n) is 9.19. The number of methoxy groups -OCH3 is 1. The van der Waals surface area contributed by atoms with Gasteiger partial charge in [-0.05, 0) is 48.9 Å². The Morgan fingerprint density at radius 3 is 2.10 bits per heavy atom. The van der Waals surface area contributed by atoms with Crippen molar-refractivity contribution in [1.29, 1.82) is 0 Å². The van der Waals surface area contributed by atoms with Gasteiger partial charge in [-0.2, -0.15) is 0 Å². The van der Waals surface area contributed by atoms with E-state index in [1.807, 2.05) is 0 Å². The van der Waals surface area contributed by atoms with E-state index in [9.17, 15) is 19.2 Å². The zero-order chi connectivity index (χ0) is 21.9. The lowest BCUT2D eigenvalue weighted by molar-refractivity contribution is -0.133. The maximum absolute atomic E-state index is 12.9. The highest BCUT2D eigenvalue weighted by Crippen LogP contribution is 2.30. The molecule has 2 aromatic carbocycles. The molecule has 1 aliphatic rings. The van der Waals surface area contributed by atoms with Crippen LogP contribution in [-0.2, 0) is 19.9 Å². The number of carbonyl (C=O) groups excluding carboxylic acids is 4. The Hall–Kier alpha value is -3.88. The zero-order valence-electron chi connectivity index (χ0n) is 16.8. The van der Waals surface area contributed by atoms with Gasteiger partial charge in [0.1, 0.15) is 17.8 Å². The van der Waals surface area contributed by atoms with Crippen molar-refractivity contribution in [3.8, 4) is 5.75 Å². The molecule has 0 aliphatic carbocycles. The van der Waals surface area contributed by atoms with E-state index in [1.54, 1.807) is 55.5 Å². The van der Waals surface area contributed by atoms with Crippen LogP contribution in [0.25, 0.3) is 0 Å². The van der Waals surface area contributed by atoms with Crippen LogP contribution in [0.15, 0.2) is 48.5 Å². The Balaban J connectivity index is 1.67. The molecule has 0 aromatic heterocycles. The maximum Gasteiger partial charge on any atom is 0.325 e. The van der Waals surface area contributed by atoms with Crippen LogP contribution in [0.4, 0.5) is 16.2 Å². The fourth-order valence-corrected chi connectivity index (χ4v) is 3.14. The van der Waals surface area contributed by atoms with Gasteiger partial charge in [0.15, 0.2) is 0 Å². The van der Waals surface area contributed by atoms with Crippen LogP contribution in [0.5, 0.6) is 5.75 Å². The SMILES string of the molecule is COc1ccc(C2(C)NC(=O)N(CC(=O)Nc3ccc(NC(C)=O)cc3)C2=O)cc1. The molecule has 2 aromatic rings. The quantitative estimate of drug-likeness (QED) is 0.630. The molecular formula is C21H22N4O5. The number of hydrogen-bond donors (Lipinski definition) is 3. The number of carbonyl (C=O) groups is 4. The fraction of sp³-hybridized carbons (Fsp3) is 0.238. The van der Waals surface area contributed by atoms with E-state index in [1.165, 1.54) is 14.0 Å². The number of benzene rings is 2. The molecule has 1 fully saturated rings. The van der Waals surface area contributed by atoms with Crippen molar-refractivity contribution in [3.05, 3.63) is 54.1 Å². The lowest BCUT2D eigenvalue weighted by Crippen LogP contribution is -2.42. The van der Waals surface area contributed by atoms with E-state index in [2.05, 4.69) is 16.0 Å². The van der Waals surface area contributed by atoms with Gasteiger partial charge in [-0.3, -0.25) is 19.3 Å². The van der Waals surface area contributed by atoms with Gasteiger partial charge in [0.2, 0.25) is 11.8 Å². The average Bonchev–Trinajstić information content (AvgIpc) is 2.93. The van der Waals surface area contributed by atoms with Gasteiger partial charge >= 0.3 is 6.03 Å². The molecule has 0 radical (unpaired) electrons. The third-order valence-corrected chi connectivity index (χ3v) is 4.73. The molecular weight excluding hydrogens is 388 g/mol. The number of rotatable bonds is 6. The number of urea groups is 1. The van der Waals surface area contributed by atoms with Gasteiger partial charge in [0.05, 0.1) is 7.11 Å². The second-order valence-corrected chi connectivity index (χ2v) is 6.98. The molecule has 1 unspecified atom stereocenters. The lowest BCUT2D eigenvalue weighted by atomic mass is 9.92. The summed E-state index contributed by atoms with van der Waals surface area (Å²) in [4.78, 5) is 49.6. The van der Waals surface area contributed by atoms with Crippen LogP contribution < -0.4 is 20.7 Å². The summed E-state index contributed by atoms with van der Waals surface area (Å²) in [6.45, 7) is 2.56. The molecule has 1 heterocycles. The summed E-state index contributed by atoms with van der Waals surface area (Å²) < 4.78 is 5.11. The van der Waals surface area contributed by atoms with Crippen molar-refractivity contribution in [2.24, 2.45) is 0 Å². The largest absolute Gasteiger partial charge is 0.497 e. The highest BCUT2D eigenvalue weighted by atomic mass is 16.5. The smallest absolute Gasteiger partial charge is 0.325 e. The molecule has 1 aliphatic heterocycles. The predicted molar refractivity (Wildman–Crippen MR) is 110 cm³/mol. The average molecular weight is 410 g/mol. The second kappa shape index (κ2) is 8.24. The summed E-state index contributed by atoms with van der Waals surface area (Å²) in [5.74, 6) is -0.622. The summed E-state index contributed by atoms with van der Waals surface area (Å²) in [6, 6.07) is 12.6. The molecule has 156 valence electrons. The Labute approximate surface area is 173 Å². The van der Waals surface area contributed by atoms with Gasteiger partial charge in [0, 0.05) is 18.3 Å². The number of nitrogens with zero attached hydrogens (tertiary/aromatic N) is 1. The monoisotopic (exact) mass is 410 g/mol. The van der Waals surface area contributed by atoms with Crippen LogP contribution in [-0.4, -0.2) is 42.3 Å². The van der Waals surface area contributed by atoms with Gasteiger partial charge < -0.3 is 20.7 Å². The number of hydrogen-bond acceptors (Lipinski definition) is 5. The molecule has 5 amide bonds. The third-order valence-electron chi connectivity index (χ3n) is 4.73. The first kappa shape index (κ1) is 20.8. The molecule has 1 atom stereocenters. The summed E-state index contributed by atoms with van der Waals surface area (Å²) in [7, 11) is 1.53. The number of nitrogens with one attached hydrogen (secondary N) is 3. The van der Waals surface area contributed by atoms with Crippen LogP contribution in [0, 0.1) is 0 Å². The number of anilines is 2. The van der Waals surface area contributed by atoms with E-state index in [-0.39, 0.29) is 5.91 Å². The van der Waals surface area contributed by atoms with E-state index < -0.39 is 29.9 Å². The molecule has 0 spiro atoms. The lowest BCUT2D eigenvalue weighted by Gasteiger charge is -2.22. The number of ether oxygens (including phenoxy) is 1. The van der Waals surface area contributed by atoms with E-state index >= 15 is 0 Å². The number of amides is 5. The van der Waals surface area contributed by atoms with E-state index in [0.717, 1.165) is 4.90 Å². The van der Waals surface area contributed by atoms with Crippen LogP contribution in [0.2, 0.25) is 0 Å². The zero-order valence-corrected chi connectivity index (χ0v) is 16.8. The minimum Gasteiger partial charge on any atom is -0.497 e. The van der Waals surface area contributed by atoms with E-state index in [0.29, 0.717) is 22.7 Å². The van der Waals surface area contributed by atoms with Gasteiger partial charge in [0.25, 0.3) is 5.91 Å². The fourth-order valence-electron chi connectivity index (χ4n) is 3.14. The van der Waals surface area contributed by atoms with Crippen molar-refractivity contribution >= 4 is 35.1 Å². The molecule has 9 nitrogen and oxygen atoms in total. The normalized spacial score (nSPS) is 18.0. The first-order valence-corrected chi connectivity index (χ1v) is 9.19. The van der Waals surface area contributed by atoms with Crippen LogP contribution in [0.1, 0.15) is 19.4 Å². The Morgan fingerprint density at radius 2 is 1.57 bits per heavy atom. The summed E-state index contributed by atoms with van der Waals surface area (Å²) in [5, 5.41) is 7.91. The van der Waals surface area contributed by atoms with Crippen LogP contribution in [0.3, 0.4) is 0 Å². The van der Waals surface area contributed by atoms with Crippen molar-refractivity contribution in [2.75, 3.05) is 24.3 Å². The summed E-state index contributed by atoms with van der Waals surface area (Å²) in [5.41, 5.74) is 0.367. The number of imide groups is 1. The van der Waals surface area contributed by atoms with Crippen molar-refractivity contribution < 1.29 is 23.9 Å². The minimum atomic E-state index is -1.27. The molecule has 1 saturated heterocycles. The van der Waals surface area contributed by atoms with Gasteiger partial charge in [-0.25, -0.2) is 4.79 Å². The third kappa shape index (κ3) is 4.24. The Kier molecular flexibility index (Phi) is 5.72. The van der Waals surface area contributed by atoms with E-state index in [4.69, 9.17) is 4.74 Å². The molecule has 0 saturated carbocycles. The Morgan fingerprint density at radius 1 is 1.00 bits per heavy atom.